The van der Waals surface area contributed by atoms with Crippen LogP contribution in [0.4, 0.5) is 0 Å². The van der Waals surface area contributed by atoms with Gasteiger partial charge in [0, 0.05) is 18.7 Å². The fourth-order valence-corrected chi connectivity index (χ4v) is 3.24. The molecule has 3 heteroatoms. The van der Waals surface area contributed by atoms with Crippen LogP contribution < -0.4 is 5.32 Å². The second kappa shape index (κ2) is 6.97. The summed E-state index contributed by atoms with van der Waals surface area (Å²) >= 11 is 0. The smallest absolute Gasteiger partial charge is 0.118 e. The van der Waals surface area contributed by atoms with Crippen LogP contribution in [-0.4, -0.2) is 24.5 Å². The molecule has 2 rings (SSSR count). The fourth-order valence-electron chi connectivity index (χ4n) is 3.24. The van der Waals surface area contributed by atoms with Crippen molar-refractivity contribution in [2.45, 2.75) is 60.5 Å². The second-order valence-electron chi connectivity index (χ2n) is 7.80. The van der Waals surface area contributed by atoms with Gasteiger partial charge in [-0.25, -0.2) is 0 Å². The minimum atomic E-state index is 0.446. The quantitative estimate of drug-likeness (QED) is 0.860. The average Bonchev–Trinajstić information content (AvgIpc) is 2.68. The third kappa shape index (κ3) is 5.15. The third-order valence-corrected chi connectivity index (χ3v) is 4.30. The van der Waals surface area contributed by atoms with Gasteiger partial charge in [-0.3, -0.25) is 4.90 Å². The topological polar surface area (TPSA) is 28.4 Å². The molecule has 3 nitrogen and oxygen atoms in total. The molecule has 0 bridgehead atoms. The maximum Gasteiger partial charge on any atom is 0.118 e. The Bertz CT molecular complexity index is 448. The number of nitrogens with zero attached hydrogens (tertiary/aromatic N) is 1. The Hall–Kier alpha value is -0.800. The highest BCUT2D eigenvalue weighted by Gasteiger charge is 2.26. The molecule has 0 atom stereocenters. The molecule has 1 aliphatic rings. The predicted molar refractivity (Wildman–Crippen MR) is 88.3 cm³/mol. The molecule has 1 aliphatic heterocycles. The van der Waals surface area contributed by atoms with Crippen molar-refractivity contribution < 1.29 is 4.42 Å². The number of piperidine rings is 1. The van der Waals surface area contributed by atoms with Crippen molar-refractivity contribution in [2.24, 2.45) is 11.3 Å². The lowest BCUT2D eigenvalue weighted by molar-refractivity contribution is 0.105. The van der Waals surface area contributed by atoms with E-state index in [9.17, 15) is 0 Å². The Balaban J connectivity index is 1.89. The monoisotopic (exact) mass is 292 g/mol. The zero-order valence-corrected chi connectivity index (χ0v) is 14.5. The number of furan rings is 1. The van der Waals surface area contributed by atoms with Crippen molar-refractivity contribution in [3.8, 4) is 0 Å². The molecule has 0 radical (unpaired) electrons. The molecule has 1 N–H and O–H groups in total. The number of rotatable bonds is 6. The molecule has 0 unspecified atom stereocenters. The summed E-state index contributed by atoms with van der Waals surface area (Å²) in [5.74, 6) is 2.87. The zero-order chi connectivity index (χ0) is 15.5. The first-order valence-corrected chi connectivity index (χ1v) is 8.37. The Morgan fingerprint density at radius 2 is 2.14 bits per heavy atom. The van der Waals surface area contributed by atoms with Gasteiger partial charge in [-0.05, 0) is 50.3 Å². The molecular formula is C18H32N2O. The summed E-state index contributed by atoms with van der Waals surface area (Å²) in [7, 11) is 0. The first-order chi connectivity index (χ1) is 9.85. The molecule has 1 saturated heterocycles. The Labute approximate surface area is 130 Å². The fraction of sp³-hybridized carbons (Fsp3) is 0.778. The van der Waals surface area contributed by atoms with E-state index in [4.69, 9.17) is 4.42 Å². The van der Waals surface area contributed by atoms with E-state index in [0.29, 0.717) is 11.3 Å². The molecule has 0 amide bonds. The maximum absolute atomic E-state index is 5.96. The van der Waals surface area contributed by atoms with Crippen molar-refractivity contribution in [3.05, 3.63) is 23.2 Å². The number of hydrogen-bond donors (Lipinski definition) is 1. The third-order valence-electron chi connectivity index (χ3n) is 4.30. The lowest BCUT2D eigenvalue weighted by Gasteiger charge is -2.37. The minimum Gasteiger partial charge on any atom is -0.465 e. The highest BCUT2D eigenvalue weighted by atomic mass is 16.3. The van der Waals surface area contributed by atoms with Gasteiger partial charge in [0.05, 0.1) is 6.54 Å². The van der Waals surface area contributed by atoms with E-state index in [1.807, 2.05) is 0 Å². The van der Waals surface area contributed by atoms with Gasteiger partial charge < -0.3 is 9.73 Å². The van der Waals surface area contributed by atoms with Gasteiger partial charge in [0.15, 0.2) is 0 Å². The van der Waals surface area contributed by atoms with Crippen LogP contribution in [0.1, 0.15) is 57.6 Å². The number of hydrogen-bond acceptors (Lipinski definition) is 3. The summed E-state index contributed by atoms with van der Waals surface area (Å²) in [5.41, 5.74) is 1.75. The summed E-state index contributed by atoms with van der Waals surface area (Å²) in [6.07, 6.45) is 2.64. The van der Waals surface area contributed by atoms with Crippen molar-refractivity contribution >= 4 is 0 Å². The van der Waals surface area contributed by atoms with Crippen molar-refractivity contribution in [1.82, 2.24) is 10.2 Å². The number of likely N-dealkylation sites (tertiary alicyclic amines) is 1. The molecule has 1 aromatic heterocycles. The predicted octanol–water partition coefficient (Wildman–Crippen LogP) is 3.96. The molecule has 21 heavy (non-hydrogen) atoms. The van der Waals surface area contributed by atoms with E-state index in [1.54, 1.807) is 0 Å². The highest BCUT2D eigenvalue weighted by molar-refractivity contribution is 5.20. The van der Waals surface area contributed by atoms with Gasteiger partial charge in [0.25, 0.3) is 0 Å². The first kappa shape index (κ1) is 16.6. The molecule has 0 aromatic carbocycles. The molecule has 0 aliphatic carbocycles. The van der Waals surface area contributed by atoms with E-state index < -0.39 is 0 Å². The van der Waals surface area contributed by atoms with E-state index in [2.05, 4.69) is 50.9 Å². The summed E-state index contributed by atoms with van der Waals surface area (Å²) < 4.78 is 5.96. The molecule has 0 spiro atoms. The van der Waals surface area contributed by atoms with Crippen LogP contribution in [0.5, 0.6) is 0 Å². The molecule has 120 valence electrons. The molecule has 0 saturated carbocycles. The van der Waals surface area contributed by atoms with Crippen LogP contribution in [0, 0.1) is 18.3 Å². The summed E-state index contributed by atoms with van der Waals surface area (Å²) in [6.45, 7) is 16.6. The van der Waals surface area contributed by atoms with E-state index in [-0.39, 0.29) is 0 Å². The SMILES string of the molecule is Cc1oc(CN2CCCC(C)(C)C2)cc1CNCC(C)C. The van der Waals surface area contributed by atoms with Gasteiger partial charge in [-0.1, -0.05) is 27.7 Å². The lowest BCUT2D eigenvalue weighted by atomic mass is 9.84. The van der Waals surface area contributed by atoms with Crippen LogP contribution in [0.15, 0.2) is 10.5 Å². The van der Waals surface area contributed by atoms with Crippen LogP contribution in [-0.2, 0) is 13.1 Å². The van der Waals surface area contributed by atoms with Gasteiger partial charge >= 0.3 is 0 Å². The van der Waals surface area contributed by atoms with Gasteiger partial charge in [-0.2, -0.15) is 0 Å². The Morgan fingerprint density at radius 3 is 2.81 bits per heavy atom. The minimum absolute atomic E-state index is 0.446. The van der Waals surface area contributed by atoms with Crippen molar-refractivity contribution in [3.63, 3.8) is 0 Å². The standard InChI is InChI=1S/C18H32N2O/c1-14(2)10-19-11-16-9-17(21-15(16)3)12-20-8-6-7-18(4,5)13-20/h9,14,19H,6-8,10-13H2,1-5H3. The number of aryl methyl sites for hydroxylation is 1. The van der Waals surface area contributed by atoms with Gasteiger partial charge in [-0.15, -0.1) is 0 Å². The maximum atomic E-state index is 5.96. The molecule has 1 fully saturated rings. The lowest BCUT2D eigenvalue weighted by Crippen LogP contribution is -2.39. The van der Waals surface area contributed by atoms with Crippen molar-refractivity contribution in [1.29, 1.82) is 0 Å². The molecule has 1 aromatic rings. The average molecular weight is 292 g/mol. The Kier molecular flexibility index (Phi) is 5.50. The largest absolute Gasteiger partial charge is 0.465 e. The zero-order valence-electron chi connectivity index (χ0n) is 14.5. The van der Waals surface area contributed by atoms with Crippen molar-refractivity contribution in [2.75, 3.05) is 19.6 Å². The Morgan fingerprint density at radius 1 is 1.38 bits per heavy atom. The van der Waals surface area contributed by atoms with Crippen LogP contribution in [0.25, 0.3) is 0 Å². The summed E-state index contributed by atoms with van der Waals surface area (Å²) in [4.78, 5) is 2.53. The van der Waals surface area contributed by atoms with E-state index in [0.717, 1.165) is 31.2 Å². The van der Waals surface area contributed by atoms with E-state index >= 15 is 0 Å². The number of nitrogens with one attached hydrogen (secondary N) is 1. The first-order valence-electron chi connectivity index (χ1n) is 8.37. The summed E-state index contributed by atoms with van der Waals surface area (Å²) in [6, 6.07) is 2.24. The van der Waals surface area contributed by atoms with Crippen LogP contribution >= 0.6 is 0 Å². The van der Waals surface area contributed by atoms with Gasteiger partial charge in [0.1, 0.15) is 11.5 Å². The second-order valence-corrected chi connectivity index (χ2v) is 7.80. The summed E-state index contributed by atoms with van der Waals surface area (Å²) in [5, 5.41) is 3.50. The molecule has 2 heterocycles. The van der Waals surface area contributed by atoms with Gasteiger partial charge in [0.2, 0.25) is 0 Å². The molecular weight excluding hydrogens is 260 g/mol. The van der Waals surface area contributed by atoms with E-state index in [1.165, 1.54) is 31.5 Å². The highest BCUT2D eigenvalue weighted by Crippen LogP contribution is 2.29. The van der Waals surface area contributed by atoms with Crippen LogP contribution in [0.2, 0.25) is 0 Å². The van der Waals surface area contributed by atoms with Crippen LogP contribution in [0.3, 0.4) is 0 Å². The normalized spacial score (nSPS) is 19.3.